The Balaban J connectivity index is 0.000000675. The molecular formula is C32H51NO8S. The molecule has 0 amide bonds. The molecule has 3 aliphatic rings. The van der Waals surface area contributed by atoms with Crippen molar-refractivity contribution in [2.45, 2.75) is 85.9 Å². The molecule has 3 rings (SSSR count). The summed E-state index contributed by atoms with van der Waals surface area (Å²) in [4.78, 5) is 48.0. The number of aliphatic hydroxyl groups excluding tert-OH is 1. The maximum absolute atomic E-state index is 13.4. The van der Waals surface area contributed by atoms with Gasteiger partial charge in [0.05, 0.1) is 11.9 Å². The van der Waals surface area contributed by atoms with Crippen molar-refractivity contribution in [3.63, 3.8) is 0 Å². The van der Waals surface area contributed by atoms with Crippen LogP contribution in [0.25, 0.3) is 0 Å². The van der Waals surface area contributed by atoms with Gasteiger partial charge in [-0.05, 0) is 56.0 Å². The largest absolute Gasteiger partial charge is 0.478 e. The molecule has 42 heavy (non-hydrogen) atoms. The second-order valence-electron chi connectivity index (χ2n) is 12.7. The molecule has 9 nitrogen and oxygen atoms in total. The van der Waals surface area contributed by atoms with E-state index in [0.717, 1.165) is 44.6 Å². The van der Waals surface area contributed by atoms with Crippen LogP contribution in [-0.4, -0.2) is 87.3 Å². The third-order valence-electron chi connectivity index (χ3n) is 10.6. The van der Waals surface area contributed by atoms with Gasteiger partial charge in [0.25, 0.3) is 0 Å². The summed E-state index contributed by atoms with van der Waals surface area (Å²) in [6.07, 6.45) is 5.76. The zero-order valence-corrected chi connectivity index (χ0v) is 27.0. The summed E-state index contributed by atoms with van der Waals surface area (Å²) >= 11 is 1.61. The molecule has 3 aliphatic carbocycles. The van der Waals surface area contributed by atoms with Gasteiger partial charge >= 0.3 is 17.9 Å². The lowest BCUT2D eigenvalue weighted by molar-refractivity contribution is -0.205. The first kappa shape index (κ1) is 36.0. The van der Waals surface area contributed by atoms with Crippen LogP contribution in [0.15, 0.2) is 24.8 Å². The molecule has 0 aromatic heterocycles. The molecule has 2 bridgehead atoms. The lowest BCUT2D eigenvalue weighted by atomic mass is 9.44. The van der Waals surface area contributed by atoms with E-state index in [-0.39, 0.29) is 29.1 Å². The maximum atomic E-state index is 13.4. The average molecular weight is 610 g/mol. The Hall–Kier alpha value is -2.17. The number of esters is 1. The topological polar surface area (TPSA) is 141 Å². The SMILES string of the molecule is C=C[C@]1(C)C[C@@H](OC(=O)CSCCN(CC)CC)[C@@]2(C)C(C)CCC3(CCC(=O)[C@H]32)[C@@H](C)C1O.O=C(O)C=CC(=O)O. The fraction of sp³-hybridized carbons (Fsp3) is 0.750. The first-order chi connectivity index (χ1) is 19.6. The van der Waals surface area contributed by atoms with Gasteiger partial charge in [-0.2, -0.15) is 0 Å². The minimum atomic E-state index is -1.26. The number of ether oxygens (including phenoxy) is 1. The number of rotatable bonds is 11. The molecule has 3 unspecified atom stereocenters. The summed E-state index contributed by atoms with van der Waals surface area (Å²) in [6.45, 7) is 20.0. The van der Waals surface area contributed by atoms with Crippen molar-refractivity contribution in [2.75, 3.05) is 31.1 Å². The lowest BCUT2D eigenvalue weighted by Gasteiger charge is -2.61. The van der Waals surface area contributed by atoms with Crippen molar-refractivity contribution in [3.8, 4) is 0 Å². The first-order valence-corrected chi connectivity index (χ1v) is 16.3. The molecule has 8 atom stereocenters. The van der Waals surface area contributed by atoms with Crippen molar-refractivity contribution in [2.24, 2.45) is 34.0 Å². The Morgan fingerprint density at radius 2 is 1.69 bits per heavy atom. The number of ketones is 1. The van der Waals surface area contributed by atoms with Gasteiger partial charge in [-0.15, -0.1) is 18.3 Å². The number of carbonyl (C=O) groups excluding carboxylic acids is 2. The highest BCUT2D eigenvalue weighted by atomic mass is 32.2. The lowest BCUT2D eigenvalue weighted by Crippen LogP contribution is -2.63. The summed E-state index contributed by atoms with van der Waals surface area (Å²) in [7, 11) is 0. The number of Topliss-reactive ketones (excluding diaryl/α,β-unsaturated/α-hetero) is 1. The van der Waals surface area contributed by atoms with Crippen LogP contribution >= 0.6 is 11.8 Å². The minimum absolute atomic E-state index is 0.00828. The Bertz CT molecular complexity index is 1010. The van der Waals surface area contributed by atoms with Gasteiger partial charge in [0, 0.05) is 47.6 Å². The summed E-state index contributed by atoms with van der Waals surface area (Å²) in [6, 6.07) is 0. The van der Waals surface area contributed by atoms with E-state index in [1.165, 1.54) is 0 Å². The molecule has 238 valence electrons. The monoisotopic (exact) mass is 609 g/mol. The van der Waals surface area contributed by atoms with Crippen LogP contribution in [0, 0.1) is 34.0 Å². The number of hydrogen-bond donors (Lipinski definition) is 3. The van der Waals surface area contributed by atoms with E-state index < -0.39 is 35.0 Å². The van der Waals surface area contributed by atoms with Gasteiger partial charge < -0.3 is 25.0 Å². The van der Waals surface area contributed by atoms with E-state index in [4.69, 9.17) is 14.9 Å². The molecule has 10 heteroatoms. The highest BCUT2D eigenvalue weighted by molar-refractivity contribution is 7.99. The van der Waals surface area contributed by atoms with Crippen molar-refractivity contribution in [3.05, 3.63) is 24.8 Å². The second kappa shape index (κ2) is 15.0. The molecule has 3 N–H and O–H groups in total. The smallest absolute Gasteiger partial charge is 0.328 e. The van der Waals surface area contributed by atoms with E-state index in [1.54, 1.807) is 11.8 Å². The fourth-order valence-electron chi connectivity index (χ4n) is 7.73. The molecule has 0 aromatic carbocycles. The van der Waals surface area contributed by atoms with E-state index >= 15 is 0 Å². The molecule has 0 heterocycles. The summed E-state index contributed by atoms with van der Waals surface area (Å²) in [5.41, 5.74) is -1.25. The second-order valence-corrected chi connectivity index (χ2v) is 13.8. The van der Waals surface area contributed by atoms with Crippen LogP contribution < -0.4 is 0 Å². The van der Waals surface area contributed by atoms with E-state index in [2.05, 4.69) is 46.1 Å². The Labute approximate surface area is 255 Å². The number of carboxylic acid groups (broad SMARTS) is 2. The highest BCUT2D eigenvalue weighted by Crippen LogP contribution is 2.68. The van der Waals surface area contributed by atoms with Gasteiger partial charge in [0.1, 0.15) is 11.9 Å². The Kier molecular flexibility index (Phi) is 12.9. The predicted molar refractivity (Wildman–Crippen MR) is 164 cm³/mol. The average Bonchev–Trinajstić information content (AvgIpc) is 3.30. The van der Waals surface area contributed by atoms with E-state index in [0.29, 0.717) is 36.5 Å². The minimum Gasteiger partial charge on any atom is -0.478 e. The number of hydrogen-bond acceptors (Lipinski definition) is 8. The van der Waals surface area contributed by atoms with Gasteiger partial charge in [-0.1, -0.05) is 47.6 Å². The van der Waals surface area contributed by atoms with Gasteiger partial charge in [0.2, 0.25) is 0 Å². The van der Waals surface area contributed by atoms with Crippen molar-refractivity contribution < 1.29 is 39.2 Å². The van der Waals surface area contributed by atoms with Gasteiger partial charge in [-0.3, -0.25) is 9.59 Å². The van der Waals surface area contributed by atoms with Gasteiger partial charge in [0.15, 0.2) is 0 Å². The number of thioether (sulfide) groups is 1. The fourth-order valence-corrected chi connectivity index (χ4v) is 8.49. The number of aliphatic carboxylic acids is 2. The number of nitrogens with zero attached hydrogens (tertiary/aromatic N) is 1. The quantitative estimate of drug-likeness (QED) is 0.131. The Morgan fingerprint density at radius 1 is 1.10 bits per heavy atom. The highest BCUT2D eigenvalue weighted by Gasteiger charge is 2.68. The summed E-state index contributed by atoms with van der Waals surface area (Å²) in [5.74, 6) is -1.14. The van der Waals surface area contributed by atoms with Gasteiger partial charge in [-0.25, -0.2) is 9.59 Å². The molecule has 0 saturated heterocycles. The molecule has 3 saturated carbocycles. The zero-order valence-electron chi connectivity index (χ0n) is 26.1. The van der Waals surface area contributed by atoms with Crippen LogP contribution in [0.2, 0.25) is 0 Å². The Morgan fingerprint density at radius 3 is 2.21 bits per heavy atom. The number of aliphatic hydroxyl groups is 1. The van der Waals surface area contributed by atoms with Crippen molar-refractivity contribution in [1.82, 2.24) is 4.90 Å². The molecule has 0 spiro atoms. The number of carbonyl (C=O) groups is 4. The first-order valence-electron chi connectivity index (χ1n) is 15.1. The van der Waals surface area contributed by atoms with E-state index in [1.807, 2.05) is 13.0 Å². The molecular weight excluding hydrogens is 558 g/mol. The molecule has 0 aromatic rings. The normalized spacial score (nSPS) is 35.9. The molecule has 0 radical (unpaired) electrons. The number of carboxylic acids is 2. The van der Waals surface area contributed by atoms with Crippen LogP contribution in [-0.2, 0) is 23.9 Å². The summed E-state index contributed by atoms with van der Waals surface area (Å²) < 4.78 is 6.30. The van der Waals surface area contributed by atoms with E-state index in [9.17, 15) is 24.3 Å². The standard InChI is InChI=1S/C28H47NO4S.C4H4O4/c1-8-26(6)17-22(33-23(31)18-34-16-15-29(9-2)10-3)27(7)19(4)11-13-28(20(5)25(26)32)14-12-21(30)24(27)28;5-3(6)1-2-4(7)8/h8,19-20,22,24-25,32H,1,9-18H2,2-7H3;1-2H,(H,5,6)(H,7,8)/t19?,20-,22+,24-,25?,26+,27+,28?;/m0./s1. The van der Waals surface area contributed by atoms with Crippen LogP contribution in [0.4, 0.5) is 0 Å². The van der Waals surface area contributed by atoms with Crippen LogP contribution in [0.1, 0.15) is 73.6 Å². The van der Waals surface area contributed by atoms with Crippen LogP contribution in [0.3, 0.4) is 0 Å². The zero-order chi connectivity index (χ0) is 31.9. The van der Waals surface area contributed by atoms with Crippen LogP contribution in [0.5, 0.6) is 0 Å². The third kappa shape index (κ3) is 7.66. The maximum Gasteiger partial charge on any atom is 0.328 e. The summed E-state index contributed by atoms with van der Waals surface area (Å²) in [5, 5.41) is 27.2. The van der Waals surface area contributed by atoms with Crippen molar-refractivity contribution >= 4 is 35.5 Å². The predicted octanol–water partition coefficient (Wildman–Crippen LogP) is 4.68. The third-order valence-corrected chi connectivity index (χ3v) is 11.5. The van der Waals surface area contributed by atoms with Crippen molar-refractivity contribution in [1.29, 1.82) is 0 Å². The molecule has 3 fully saturated rings. The molecule has 0 aliphatic heterocycles.